The summed E-state index contributed by atoms with van der Waals surface area (Å²) in [7, 11) is -2.13. The molecule has 1 saturated heterocycles. The van der Waals surface area contributed by atoms with Gasteiger partial charge >= 0.3 is 0 Å². The van der Waals surface area contributed by atoms with Gasteiger partial charge in [0.1, 0.15) is 22.3 Å². The maximum atomic E-state index is 13.5. The Morgan fingerprint density at radius 2 is 1.56 bits per heavy atom. The largest absolute Gasteiger partial charge is 0.508 e. The number of fused-ring (bicyclic) bond motifs is 1. The van der Waals surface area contributed by atoms with Crippen LogP contribution in [0.25, 0.3) is 0 Å². The number of ether oxygens (including phenoxy) is 1. The van der Waals surface area contributed by atoms with Crippen LogP contribution in [-0.4, -0.2) is 113 Å². The van der Waals surface area contributed by atoms with E-state index in [9.17, 15) is 33.0 Å². The van der Waals surface area contributed by atoms with Crippen LogP contribution in [-0.2, 0) is 39.1 Å². The standard InChI is InChI=1S/C47H54ClN9O8S/c1-28(2)34-20-35(40(59)21-39(34)58)46(62)57-25-31-11-10-30(18-32(31)26-57)24-55-14-16-56(17-15-55)27-44(61)49-23-43(60)51-33-12-13-41(65-5)38(19-33)53-47-50-22-36(48)45(54-47)52-37-8-6-7-9-42(37)66(63,64)29(3)4/h6-13,18-22,28-29,58-59H,14-17,23-27H2,1-5H3,(H,49,61)(H,51,60)(H2,50,52,53,54). The van der Waals surface area contributed by atoms with E-state index in [0.29, 0.717) is 61.1 Å². The number of rotatable bonds is 16. The third-order valence-electron chi connectivity index (χ3n) is 11.5. The molecule has 348 valence electrons. The number of phenolic OH excluding ortho intramolecular Hbond substituents is 2. The Morgan fingerprint density at radius 3 is 2.29 bits per heavy atom. The van der Waals surface area contributed by atoms with Crippen LogP contribution in [0, 0.1) is 0 Å². The van der Waals surface area contributed by atoms with Crippen molar-refractivity contribution in [1.82, 2.24) is 30.0 Å². The van der Waals surface area contributed by atoms with Crippen molar-refractivity contribution in [2.45, 2.75) is 63.4 Å². The molecule has 3 heterocycles. The van der Waals surface area contributed by atoms with Crippen LogP contribution in [0.15, 0.2) is 83.9 Å². The SMILES string of the molecule is COc1ccc(NC(=O)CNC(=O)CN2CCN(Cc3ccc4c(c3)CN(C(=O)c3cc(C(C)C)c(O)cc3O)C4)CC2)cc1Nc1ncc(Cl)c(Nc2ccccc2S(=O)(=O)C(C)C)n1. The fourth-order valence-electron chi connectivity index (χ4n) is 7.81. The molecule has 1 fully saturated rings. The van der Waals surface area contributed by atoms with E-state index in [1.165, 1.54) is 25.4 Å². The summed E-state index contributed by atoms with van der Waals surface area (Å²) in [4.78, 5) is 54.2. The number of piperazine rings is 1. The number of methoxy groups -OCH3 is 1. The molecule has 0 radical (unpaired) electrons. The fourth-order valence-corrected chi connectivity index (χ4v) is 9.15. The minimum absolute atomic E-state index is 0.0140. The Morgan fingerprint density at radius 1 is 0.833 bits per heavy atom. The second-order valence-corrected chi connectivity index (χ2v) is 19.7. The predicted molar refractivity (Wildman–Crippen MR) is 253 cm³/mol. The first-order chi connectivity index (χ1) is 31.5. The molecule has 0 saturated carbocycles. The van der Waals surface area contributed by atoms with Crippen molar-refractivity contribution in [2.24, 2.45) is 0 Å². The van der Waals surface area contributed by atoms with Gasteiger partial charge in [-0.15, -0.1) is 0 Å². The summed E-state index contributed by atoms with van der Waals surface area (Å²) in [5.41, 5.74) is 5.16. The number of hydrogen-bond donors (Lipinski definition) is 6. The summed E-state index contributed by atoms with van der Waals surface area (Å²) in [5.74, 6) is -0.580. The van der Waals surface area contributed by atoms with E-state index in [0.717, 1.165) is 29.8 Å². The zero-order chi connectivity index (χ0) is 47.3. The molecule has 2 aliphatic rings. The molecular formula is C47H54ClN9O8S. The molecule has 0 atom stereocenters. The van der Waals surface area contributed by atoms with Crippen molar-refractivity contribution < 1.29 is 37.8 Å². The number of nitrogens with one attached hydrogen (secondary N) is 4. The lowest BCUT2D eigenvalue weighted by Crippen LogP contribution is -2.49. The summed E-state index contributed by atoms with van der Waals surface area (Å²) in [6, 6.07) is 20.5. The molecule has 2 aliphatic heterocycles. The minimum atomic E-state index is -3.62. The van der Waals surface area contributed by atoms with Gasteiger partial charge in [0.05, 0.1) is 53.5 Å². The van der Waals surface area contributed by atoms with Crippen LogP contribution in [0.4, 0.5) is 28.8 Å². The van der Waals surface area contributed by atoms with E-state index in [4.69, 9.17) is 16.3 Å². The number of phenols is 2. The smallest absolute Gasteiger partial charge is 0.258 e. The average molecular weight is 941 g/mol. The molecule has 66 heavy (non-hydrogen) atoms. The third-order valence-corrected chi connectivity index (χ3v) is 14.0. The van der Waals surface area contributed by atoms with E-state index < -0.39 is 21.0 Å². The first kappa shape index (κ1) is 47.5. The molecule has 5 aromatic rings. The second-order valence-electron chi connectivity index (χ2n) is 16.9. The van der Waals surface area contributed by atoms with Gasteiger partial charge in [-0.05, 0) is 78.4 Å². The van der Waals surface area contributed by atoms with E-state index in [2.05, 4.69) is 54.3 Å². The molecule has 0 spiro atoms. The molecule has 0 bridgehead atoms. The van der Waals surface area contributed by atoms with Crippen molar-refractivity contribution in [3.05, 3.63) is 112 Å². The number of halogens is 1. The Balaban J connectivity index is 0.867. The number of carbonyl (C=O) groups is 3. The highest BCUT2D eigenvalue weighted by molar-refractivity contribution is 7.92. The Labute approximate surface area is 389 Å². The zero-order valence-corrected chi connectivity index (χ0v) is 39.0. The van der Waals surface area contributed by atoms with Gasteiger partial charge in [0.2, 0.25) is 17.8 Å². The third kappa shape index (κ3) is 11.1. The molecule has 3 amide bonds. The summed E-state index contributed by atoms with van der Waals surface area (Å²) >= 11 is 6.42. The summed E-state index contributed by atoms with van der Waals surface area (Å²) in [5, 5.41) is 31.8. The normalized spacial score (nSPS) is 14.3. The monoisotopic (exact) mass is 939 g/mol. The molecular weight excluding hydrogens is 886 g/mol. The lowest BCUT2D eigenvalue weighted by molar-refractivity contribution is -0.125. The molecule has 0 aliphatic carbocycles. The minimum Gasteiger partial charge on any atom is -0.508 e. The molecule has 4 aromatic carbocycles. The number of carbonyl (C=O) groups excluding carboxylic acids is 3. The van der Waals surface area contributed by atoms with Crippen molar-refractivity contribution in [3.8, 4) is 17.2 Å². The molecule has 1 aromatic heterocycles. The van der Waals surface area contributed by atoms with Crippen LogP contribution in [0.1, 0.15) is 66.2 Å². The number of para-hydroxylation sites is 1. The van der Waals surface area contributed by atoms with Crippen molar-refractivity contribution >= 4 is 68.0 Å². The summed E-state index contributed by atoms with van der Waals surface area (Å²) in [6.45, 7) is 11.4. The van der Waals surface area contributed by atoms with Crippen molar-refractivity contribution in [1.29, 1.82) is 0 Å². The topological polar surface area (TPSA) is 219 Å². The van der Waals surface area contributed by atoms with Crippen LogP contribution in [0.3, 0.4) is 0 Å². The number of hydrogen-bond acceptors (Lipinski definition) is 14. The number of nitrogens with zero attached hydrogens (tertiary/aromatic N) is 5. The van der Waals surface area contributed by atoms with Gasteiger partial charge in [0.15, 0.2) is 15.7 Å². The molecule has 7 rings (SSSR count). The maximum absolute atomic E-state index is 13.5. The van der Waals surface area contributed by atoms with Gasteiger partial charge in [-0.3, -0.25) is 24.2 Å². The number of benzene rings is 4. The van der Waals surface area contributed by atoms with Gasteiger partial charge in [-0.1, -0.05) is 55.8 Å². The Bertz CT molecular complexity index is 2750. The fraction of sp³-hybridized carbons (Fsp3) is 0.340. The van der Waals surface area contributed by atoms with Crippen LogP contribution >= 0.6 is 11.6 Å². The lowest BCUT2D eigenvalue weighted by atomic mass is 9.98. The van der Waals surface area contributed by atoms with E-state index in [1.54, 1.807) is 61.2 Å². The number of anilines is 5. The number of aromatic hydroxyl groups is 2. The van der Waals surface area contributed by atoms with Crippen molar-refractivity contribution in [3.63, 3.8) is 0 Å². The van der Waals surface area contributed by atoms with E-state index in [1.807, 2.05) is 18.7 Å². The van der Waals surface area contributed by atoms with Gasteiger partial charge < -0.3 is 41.1 Å². The van der Waals surface area contributed by atoms with Gasteiger partial charge in [-0.25, -0.2) is 13.4 Å². The highest BCUT2D eigenvalue weighted by Gasteiger charge is 2.29. The first-order valence-electron chi connectivity index (χ1n) is 21.5. The Kier molecular flexibility index (Phi) is 14.7. The molecule has 17 nitrogen and oxygen atoms in total. The summed E-state index contributed by atoms with van der Waals surface area (Å²) < 4.78 is 31.6. The first-order valence-corrected chi connectivity index (χ1v) is 23.5. The molecule has 0 unspecified atom stereocenters. The molecule has 6 N–H and O–H groups in total. The van der Waals surface area contributed by atoms with E-state index in [-0.39, 0.29) is 69.6 Å². The highest BCUT2D eigenvalue weighted by atomic mass is 35.5. The van der Waals surface area contributed by atoms with Crippen LogP contribution in [0.5, 0.6) is 17.2 Å². The predicted octanol–water partition coefficient (Wildman–Crippen LogP) is 6.37. The number of amides is 3. The zero-order valence-electron chi connectivity index (χ0n) is 37.4. The van der Waals surface area contributed by atoms with Crippen LogP contribution in [0.2, 0.25) is 5.02 Å². The van der Waals surface area contributed by atoms with Gasteiger partial charge in [0.25, 0.3) is 5.91 Å². The average Bonchev–Trinajstić information content (AvgIpc) is 3.71. The Hall–Kier alpha value is -6.47. The number of sulfone groups is 1. The van der Waals surface area contributed by atoms with Gasteiger partial charge in [-0.2, -0.15) is 4.98 Å². The number of aromatic nitrogens is 2. The quantitative estimate of drug-likeness (QED) is 0.0634. The van der Waals surface area contributed by atoms with Crippen LogP contribution < -0.4 is 26.0 Å². The summed E-state index contributed by atoms with van der Waals surface area (Å²) in [6.07, 6.45) is 1.37. The maximum Gasteiger partial charge on any atom is 0.258 e. The second kappa shape index (κ2) is 20.4. The highest BCUT2D eigenvalue weighted by Crippen LogP contribution is 2.36. The molecule has 19 heteroatoms. The van der Waals surface area contributed by atoms with E-state index >= 15 is 0 Å². The lowest BCUT2D eigenvalue weighted by Gasteiger charge is -2.34. The van der Waals surface area contributed by atoms with Crippen molar-refractivity contribution in [2.75, 3.05) is 62.3 Å². The van der Waals surface area contributed by atoms with Gasteiger partial charge in [0, 0.05) is 57.6 Å².